The first-order chi connectivity index (χ1) is 15.0. The first-order valence-electron chi connectivity index (χ1n) is 10.2. The van der Waals surface area contributed by atoms with E-state index in [1.807, 2.05) is 24.3 Å². The molecule has 3 rings (SSSR count). The number of nitrogens with zero attached hydrogens (tertiary/aromatic N) is 2. The lowest BCUT2D eigenvalue weighted by Crippen LogP contribution is -2.45. The Balaban J connectivity index is 0.00000363. The predicted octanol–water partition coefficient (Wildman–Crippen LogP) is 3.29. The molecule has 0 atom stereocenters. The zero-order valence-corrected chi connectivity index (χ0v) is 21.3. The van der Waals surface area contributed by atoms with Crippen molar-refractivity contribution < 1.29 is 19.0 Å². The van der Waals surface area contributed by atoms with Gasteiger partial charge in [-0.3, -0.25) is 9.79 Å². The number of benzene rings is 2. The molecule has 2 aromatic carbocycles. The molecule has 32 heavy (non-hydrogen) atoms. The molecule has 0 bridgehead atoms. The van der Waals surface area contributed by atoms with Crippen LogP contribution in [0.2, 0.25) is 0 Å². The van der Waals surface area contributed by atoms with Crippen molar-refractivity contribution >= 4 is 41.5 Å². The van der Waals surface area contributed by atoms with Crippen molar-refractivity contribution in [1.29, 1.82) is 0 Å². The second kappa shape index (κ2) is 12.4. The summed E-state index contributed by atoms with van der Waals surface area (Å²) in [6.45, 7) is 4.16. The number of ether oxygens (including phenoxy) is 3. The Hall–Kier alpha value is -2.69. The minimum atomic E-state index is -0.109. The summed E-state index contributed by atoms with van der Waals surface area (Å²) < 4.78 is 16.7. The SMILES string of the molecule is CN=C(NCCOc1cccc(NC(C)=O)c1)N1CCc2cc(OC)c(OC)cc2C1.I. The molecule has 0 fully saturated rings. The monoisotopic (exact) mass is 554 g/mol. The lowest BCUT2D eigenvalue weighted by atomic mass is 9.99. The molecule has 1 aliphatic heterocycles. The number of halogens is 1. The van der Waals surface area contributed by atoms with Crippen LogP contribution in [0.25, 0.3) is 0 Å². The average molecular weight is 554 g/mol. The molecule has 2 N–H and O–H groups in total. The maximum Gasteiger partial charge on any atom is 0.221 e. The molecule has 1 heterocycles. The van der Waals surface area contributed by atoms with Gasteiger partial charge in [0, 0.05) is 38.8 Å². The van der Waals surface area contributed by atoms with Crippen LogP contribution < -0.4 is 24.8 Å². The highest BCUT2D eigenvalue weighted by atomic mass is 127. The molecule has 0 aromatic heterocycles. The van der Waals surface area contributed by atoms with E-state index in [4.69, 9.17) is 14.2 Å². The van der Waals surface area contributed by atoms with Gasteiger partial charge < -0.3 is 29.7 Å². The number of anilines is 1. The van der Waals surface area contributed by atoms with E-state index in [1.54, 1.807) is 27.3 Å². The van der Waals surface area contributed by atoms with Crippen molar-refractivity contribution in [3.8, 4) is 17.2 Å². The molecule has 174 valence electrons. The van der Waals surface area contributed by atoms with Gasteiger partial charge in [-0.1, -0.05) is 6.07 Å². The van der Waals surface area contributed by atoms with E-state index < -0.39 is 0 Å². The van der Waals surface area contributed by atoms with Gasteiger partial charge in [-0.15, -0.1) is 24.0 Å². The standard InChI is InChI=1S/C23H30N4O4.HI/c1-16(28)26-19-6-5-7-20(14-19)31-11-9-25-23(24-2)27-10-8-17-12-21(29-3)22(30-4)13-18(17)15-27;/h5-7,12-14H,8-11,15H2,1-4H3,(H,24,25)(H,26,28);1H. The lowest BCUT2D eigenvalue weighted by molar-refractivity contribution is -0.114. The zero-order valence-electron chi connectivity index (χ0n) is 18.9. The van der Waals surface area contributed by atoms with Gasteiger partial charge in [0.1, 0.15) is 12.4 Å². The Bertz CT molecular complexity index is 952. The van der Waals surface area contributed by atoms with Crippen molar-refractivity contribution in [2.75, 3.05) is 46.3 Å². The molecule has 0 unspecified atom stereocenters. The fraction of sp³-hybridized carbons (Fsp3) is 0.391. The van der Waals surface area contributed by atoms with Crippen molar-refractivity contribution in [2.24, 2.45) is 4.99 Å². The predicted molar refractivity (Wildman–Crippen MR) is 137 cm³/mol. The molecule has 0 radical (unpaired) electrons. The van der Waals surface area contributed by atoms with Crippen LogP contribution >= 0.6 is 24.0 Å². The van der Waals surface area contributed by atoms with Crippen LogP contribution in [0.15, 0.2) is 41.4 Å². The molecule has 1 aliphatic rings. The van der Waals surface area contributed by atoms with E-state index in [9.17, 15) is 4.79 Å². The number of hydrogen-bond acceptors (Lipinski definition) is 5. The molecular formula is C23H31IN4O4. The number of carbonyl (C=O) groups is 1. The summed E-state index contributed by atoms with van der Waals surface area (Å²) in [5, 5.41) is 6.12. The van der Waals surface area contributed by atoms with Crippen LogP contribution in [0.1, 0.15) is 18.1 Å². The Morgan fingerprint density at radius 1 is 1.12 bits per heavy atom. The van der Waals surface area contributed by atoms with Crippen LogP contribution in [-0.4, -0.2) is 57.7 Å². The third kappa shape index (κ3) is 6.65. The van der Waals surface area contributed by atoms with Gasteiger partial charge in [0.2, 0.25) is 5.91 Å². The van der Waals surface area contributed by atoms with Gasteiger partial charge in [0.15, 0.2) is 17.5 Å². The summed E-state index contributed by atoms with van der Waals surface area (Å²) >= 11 is 0. The molecule has 1 amide bonds. The number of carbonyl (C=O) groups excluding carboxylic acids is 1. The van der Waals surface area contributed by atoms with E-state index in [0.717, 1.165) is 37.0 Å². The summed E-state index contributed by atoms with van der Waals surface area (Å²) in [5.41, 5.74) is 3.19. The number of guanidine groups is 1. The van der Waals surface area contributed by atoms with E-state index in [1.165, 1.54) is 18.1 Å². The normalized spacial score (nSPS) is 12.9. The number of nitrogens with one attached hydrogen (secondary N) is 2. The van der Waals surface area contributed by atoms with Gasteiger partial charge in [-0.25, -0.2) is 0 Å². The highest BCUT2D eigenvalue weighted by Crippen LogP contribution is 2.33. The van der Waals surface area contributed by atoms with Gasteiger partial charge >= 0.3 is 0 Å². The second-order valence-electron chi connectivity index (χ2n) is 7.18. The van der Waals surface area contributed by atoms with Crippen LogP contribution in [0.3, 0.4) is 0 Å². The molecule has 9 heteroatoms. The molecule has 8 nitrogen and oxygen atoms in total. The van der Waals surface area contributed by atoms with E-state index >= 15 is 0 Å². The maximum absolute atomic E-state index is 11.2. The Kier molecular flexibility index (Phi) is 9.89. The molecule has 0 saturated carbocycles. The quantitative estimate of drug-likeness (QED) is 0.237. The van der Waals surface area contributed by atoms with Crippen LogP contribution in [0.4, 0.5) is 5.69 Å². The number of amides is 1. The van der Waals surface area contributed by atoms with E-state index in [-0.39, 0.29) is 29.9 Å². The molecule has 2 aromatic rings. The van der Waals surface area contributed by atoms with Crippen molar-refractivity contribution in [3.63, 3.8) is 0 Å². The first kappa shape index (κ1) is 25.6. The summed E-state index contributed by atoms with van der Waals surface area (Å²) in [6, 6.07) is 11.4. The van der Waals surface area contributed by atoms with Crippen LogP contribution in [-0.2, 0) is 17.8 Å². The van der Waals surface area contributed by atoms with Gasteiger partial charge in [-0.05, 0) is 41.8 Å². The summed E-state index contributed by atoms with van der Waals surface area (Å²) in [7, 11) is 5.09. The minimum Gasteiger partial charge on any atom is -0.493 e. The van der Waals surface area contributed by atoms with Crippen molar-refractivity contribution in [1.82, 2.24) is 10.2 Å². The Morgan fingerprint density at radius 2 is 1.84 bits per heavy atom. The topological polar surface area (TPSA) is 84.4 Å². The lowest BCUT2D eigenvalue weighted by Gasteiger charge is -2.32. The largest absolute Gasteiger partial charge is 0.493 e. The summed E-state index contributed by atoms with van der Waals surface area (Å²) in [5.74, 6) is 2.92. The van der Waals surface area contributed by atoms with Crippen molar-refractivity contribution in [2.45, 2.75) is 19.9 Å². The zero-order chi connectivity index (χ0) is 22.2. The summed E-state index contributed by atoms with van der Waals surface area (Å²) in [6.07, 6.45) is 0.906. The molecule has 0 spiro atoms. The second-order valence-corrected chi connectivity index (χ2v) is 7.18. The Morgan fingerprint density at radius 3 is 2.50 bits per heavy atom. The smallest absolute Gasteiger partial charge is 0.221 e. The summed E-state index contributed by atoms with van der Waals surface area (Å²) in [4.78, 5) is 17.8. The number of methoxy groups -OCH3 is 2. The van der Waals surface area contributed by atoms with Crippen molar-refractivity contribution in [3.05, 3.63) is 47.5 Å². The number of aliphatic imine (C=N–C) groups is 1. The van der Waals surface area contributed by atoms with Gasteiger partial charge in [-0.2, -0.15) is 0 Å². The number of fused-ring (bicyclic) bond motifs is 1. The van der Waals surface area contributed by atoms with Crippen LogP contribution in [0, 0.1) is 0 Å². The number of rotatable bonds is 7. The van der Waals surface area contributed by atoms with Crippen LogP contribution in [0.5, 0.6) is 17.2 Å². The van der Waals surface area contributed by atoms with E-state index in [2.05, 4.69) is 26.6 Å². The van der Waals surface area contributed by atoms with Gasteiger partial charge in [0.05, 0.1) is 20.8 Å². The minimum absolute atomic E-state index is 0. The van der Waals surface area contributed by atoms with Gasteiger partial charge in [0.25, 0.3) is 0 Å². The molecular weight excluding hydrogens is 523 g/mol. The number of hydrogen-bond donors (Lipinski definition) is 2. The third-order valence-electron chi connectivity index (χ3n) is 5.04. The highest BCUT2D eigenvalue weighted by Gasteiger charge is 2.21. The highest BCUT2D eigenvalue weighted by molar-refractivity contribution is 14.0. The molecule has 0 saturated heterocycles. The first-order valence-corrected chi connectivity index (χ1v) is 10.2. The fourth-order valence-corrected chi connectivity index (χ4v) is 3.59. The van der Waals surface area contributed by atoms with E-state index in [0.29, 0.717) is 24.6 Å². The molecule has 0 aliphatic carbocycles. The average Bonchev–Trinajstić information content (AvgIpc) is 2.77. The maximum atomic E-state index is 11.2. The third-order valence-corrected chi connectivity index (χ3v) is 5.04. The fourth-order valence-electron chi connectivity index (χ4n) is 3.59. The Labute approximate surface area is 206 Å².